The van der Waals surface area contributed by atoms with Gasteiger partial charge in [-0.2, -0.15) is 5.10 Å². The Bertz CT molecular complexity index is 219. The Labute approximate surface area is 65.6 Å². The van der Waals surface area contributed by atoms with E-state index in [-0.39, 0.29) is 12.6 Å². The Balaban J connectivity index is 2.66. The van der Waals surface area contributed by atoms with E-state index in [1.807, 2.05) is 13.1 Å². The van der Waals surface area contributed by atoms with Crippen LogP contribution in [0.4, 0.5) is 0 Å². The van der Waals surface area contributed by atoms with Gasteiger partial charge in [0, 0.05) is 17.8 Å². The molecule has 0 fully saturated rings. The van der Waals surface area contributed by atoms with Crippen LogP contribution in [0, 0.1) is 0 Å². The molecule has 0 amide bonds. The lowest BCUT2D eigenvalue weighted by molar-refractivity contribution is 0.269. The highest BCUT2D eigenvalue weighted by atomic mass is 16.3. The summed E-state index contributed by atoms with van der Waals surface area (Å²) in [6.07, 6.45) is 3.57. The molecule has 0 aliphatic rings. The van der Waals surface area contributed by atoms with Gasteiger partial charge in [0.15, 0.2) is 0 Å². The molecule has 1 aromatic heterocycles. The van der Waals surface area contributed by atoms with Crippen molar-refractivity contribution >= 4 is 0 Å². The summed E-state index contributed by atoms with van der Waals surface area (Å²) in [5.74, 6) is 0. The summed E-state index contributed by atoms with van der Waals surface area (Å²) in [6, 6.07) is 0.0162. The number of nitrogens with zero attached hydrogens (tertiary/aromatic N) is 2. The van der Waals surface area contributed by atoms with Crippen LogP contribution in [0.3, 0.4) is 0 Å². The molecule has 0 aliphatic heterocycles. The van der Waals surface area contributed by atoms with Crippen molar-refractivity contribution in [2.75, 3.05) is 6.61 Å². The largest absolute Gasteiger partial charge is 0.394 e. The van der Waals surface area contributed by atoms with E-state index in [4.69, 9.17) is 10.8 Å². The minimum atomic E-state index is 0.0162. The minimum Gasteiger partial charge on any atom is -0.394 e. The van der Waals surface area contributed by atoms with Crippen molar-refractivity contribution in [3.8, 4) is 0 Å². The molecular formula is C7H13N3O. The third-order valence-electron chi connectivity index (χ3n) is 1.51. The van der Waals surface area contributed by atoms with Gasteiger partial charge in [0.05, 0.1) is 19.3 Å². The molecule has 11 heavy (non-hydrogen) atoms. The monoisotopic (exact) mass is 155 g/mol. The van der Waals surface area contributed by atoms with Gasteiger partial charge < -0.3 is 10.8 Å². The smallest absolute Gasteiger partial charge is 0.0640 e. The van der Waals surface area contributed by atoms with Crippen molar-refractivity contribution < 1.29 is 5.11 Å². The van der Waals surface area contributed by atoms with Crippen LogP contribution >= 0.6 is 0 Å². The molecule has 0 aliphatic carbocycles. The molecule has 4 heteroatoms. The van der Waals surface area contributed by atoms with Crippen LogP contribution in [-0.4, -0.2) is 21.5 Å². The van der Waals surface area contributed by atoms with Crippen LogP contribution in [-0.2, 0) is 6.54 Å². The summed E-state index contributed by atoms with van der Waals surface area (Å²) in [4.78, 5) is 0. The van der Waals surface area contributed by atoms with E-state index in [1.54, 1.807) is 10.9 Å². The van der Waals surface area contributed by atoms with E-state index in [2.05, 4.69) is 5.10 Å². The van der Waals surface area contributed by atoms with Gasteiger partial charge in [-0.3, -0.25) is 4.68 Å². The van der Waals surface area contributed by atoms with Gasteiger partial charge >= 0.3 is 0 Å². The zero-order valence-electron chi connectivity index (χ0n) is 6.57. The summed E-state index contributed by atoms with van der Waals surface area (Å²) in [5, 5.41) is 12.6. The van der Waals surface area contributed by atoms with Gasteiger partial charge in [-0.05, 0) is 6.92 Å². The first-order valence-electron chi connectivity index (χ1n) is 3.63. The number of hydrogen-bond donors (Lipinski definition) is 2. The Morgan fingerprint density at radius 3 is 3.00 bits per heavy atom. The molecule has 0 aromatic carbocycles. The van der Waals surface area contributed by atoms with Crippen LogP contribution in [0.2, 0.25) is 0 Å². The molecule has 0 bridgehead atoms. The predicted octanol–water partition coefficient (Wildman–Crippen LogP) is -0.105. The van der Waals surface area contributed by atoms with Crippen LogP contribution in [0.5, 0.6) is 0 Å². The zero-order valence-corrected chi connectivity index (χ0v) is 6.57. The lowest BCUT2D eigenvalue weighted by Gasteiger charge is -1.98. The molecule has 1 heterocycles. The average Bonchev–Trinajstić information content (AvgIpc) is 2.37. The second-order valence-electron chi connectivity index (χ2n) is 2.55. The van der Waals surface area contributed by atoms with E-state index in [0.717, 1.165) is 5.56 Å². The Kier molecular flexibility index (Phi) is 2.62. The maximum Gasteiger partial charge on any atom is 0.0640 e. The quantitative estimate of drug-likeness (QED) is 0.640. The van der Waals surface area contributed by atoms with E-state index in [1.165, 1.54) is 0 Å². The second-order valence-corrected chi connectivity index (χ2v) is 2.55. The third-order valence-corrected chi connectivity index (χ3v) is 1.51. The highest BCUT2D eigenvalue weighted by Crippen LogP contribution is 2.06. The van der Waals surface area contributed by atoms with Gasteiger partial charge in [0.2, 0.25) is 0 Å². The predicted molar refractivity (Wildman–Crippen MR) is 41.9 cm³/mol. The average molecular weight is 155 g/mol. The van der Waals surface area contributed by atoms with Crippen LogP contribution < -0.4 is 5.73 Å². The molecule has 0 saturated heterocycles. The highest BCUT2D eigenvalue weighted by Gasteiger charge is 2.01. The fourth-order valence-electron chi connectivity index (χ4n) is 0.839. The maximum absolute atomic E-state index is 8.58. The van der Waals surface area contributed by atoms with Gasteiger partial charge in [-0.15, -0.1) is 0 Å². The normalized spacial score (nSPS) is 13.4. The van der Waals surface area contributed by atoms with Gasteiger partial charge in [0.25, 0.3) is 0 Å². The topological polar surface area (TPSA) is 64.1 Å². The first-order valence-corrected chi connectivity index (χ1v) is 3.63. The molecule has 0 radical (unpaired) electrons. The summed E-state index contributed by atoms with van der Waals surface area (Å²) in [7, 11) is 0. The Morgan fingerprint density at radius 2 is 2.55 bits per heavy atom. The number of nitrogens with two attached hydrogens (primary N) is 1. The van der Waals surface area contributed by atoms with Crippen molar-refractivity contribution in [3.63, 3.8) is 0 Å². The number of aromatic nitrogens is 2. The number of hydrogen-bond acceptors (Lipinski definition) is 3. The zero-order chi connectivity index (χ0) is 8.27. The molecule has 4 nitrogen and oxygen atoms in total. The summed E-state index contributed by atoms with van der Waals surface area (Å²) in [6.45, 7) is 2.55. The standard InChI is InChI=1S/C7H13N3O/c1-6(8)7-4-9-10(5-7)2-3-11/h4-6,11H,2-3,8H2,1H3/t6-/m1/s1. The van der Waals surface area contributed by atoms with E-state index in [9.17, 15) is 0 Å². The van der Waals surface area contributed by atoms with E-state index < -0.39 is 0 Å². The molecule has 0 unspecified atom stereocenters. The van der Waals surface area contributed by atoms with Crippen molar-refractivity contribution in [1.82, 2.24) is 9.78 Å². The molecule has 1 rings (SSSR count). The fourth-order valence-corrected chi connectivity index (χ4v) is 0.839. The summed E-state index contributed by atoms with van der Waals surface area (Å²) in [5.41, 5.74) is 6.61. The van der Waals surface area contributed by atoms with Crippen LogP contribution in [0.25, 0.3) is 0 Å². The first-order chi connectivity index (χ1) is 5.24. The molecule has 1 aromatic rings. The molecular weight excluding hydrogens is 142 g/mol. The highest BCUT2D eigenvalue weighted by molar-refractivity contribution is 5.07. The number of aliphatic hydroxyl groups is 1. The minimum absolute atomic E-state index is 0.0162. The SMILES string of the molecule is C[C@@H](N)c1cnn(CCO)c1. The second kappa shape index (κ2) is 3.50. The summed E-state index contributed by atoms with van der Waals surface area (Å²) >= 11 is 0. The maximum atomic E-state index is 8.58. The lowest BCUT2D eigenvalue weighted by atomic mass is 10.2. The molecule has 62 valence electrons. The Hall–Kier alpha value is -0.870. The Morgan fingerprint density at radius 1 is 1.82 bits per heavy atom. The van der Waals surface area contributed by atoms with Gasteiger partial charge in [-0.25, -0.2) is 0 Å². The van der Waals surface area contributed by atoms with Crippen molar-refractivity contribution in [2.45, 2.75) is 19.5 Å². The molecule has 1 atom stereocenters. The van der Waals surface area contributed by atoms with Crippen molar-refractivity contribution in [3.05, 3.63) is 18.0 Å². The van der Waals surface area contributed by atoms with Crippen molar-refractivity contribution in [2.24, 2.45) is 5.73 Å². The van der Waals surface area contributed by atoms with Gasteiger partial charge in [-0.1, -0.05) is 0 Å². The number of rotatable bonds is 3. The van der Waals surface area contributed by atoms with Crippen LogP contribution in [0.1, 0.15) is 18.5 Å². The van der Waals surface area contributed by atoms with E-state index in [0.29, 0.717) is 6.54 Å². The van der Waals surface area contributed by atoms with Crippen LogP contribution in [0.15, 0.2) is 12.4 Å². The van der Waals surface area contributed by atoms with E-state index >= 15 is 0 Å². The number of aliphatic hydroxyl groups excluding tert-OH is 1. The van der Waals surface area contributed by atoms with Crippen molar-refractivity contribution in [1.29, 1.82) is 0 Å². The van der Waals surface area contributed by atoms with Gasteiger partial charge in [0.1, 0.15) is 0 Å². The lowest BCUT2D eigenvalue weighted by Crippen LogP contribution is -2.04. The molecule has 0 spiro atoms. The fraction of sp³-hybridized carbons (Fsp3) is 0.571. The molecule has 0 saturated carbocycles. The summed E-state index contributed by atoms with van der Waals surface area (Å²) < 4.78 is 1.68. The molecule has 3 N–H and O–H groups in total. The first kappa shape index (κ1) is 8.23. The third kappa shape index (κ3) is 2.03.